The van der Waals surface area contributed by atoms with Gasteiger partial charge in [0.15, 0.2) is 0 Å². The van der Waals surface area contributed by atoms with Crippen LogP contribution < -0.4 is 11.1 Å². The van der Waals surface area contributed by atoms with Crippen LogP contribution in [-0.4, -0.2) is 42.0 Å². The third-order valence-electron chi connectivity index (χ3n) is 4.33. The van der Waals surface area contributed by atoms with Crippen molar-refractivity contribution in [3.8, 4) is 0 Å². The number of hydrogen-bond donors (Lipinski definition) is 2. The van der Waals surface area contributed by atoms with Crippen LogP contribution in [0.15, 0.2) is 4.42 Å². The molecule has 1 amide bonds. The van der Waals surface area contributed by atoms with Crippen molar-refractivity contribution >= 4 is 5.91 Å². The van der Waals surface area contributed by atoms with Crippen LogP contribution in [0.25, 0.3) is 0 Å². The summed E-state index contributed by atoms with van der Waals surface area (Å²) < 4.78 is 5.64. The second-order valence-electron chi connectivity index (χ2n) is 6.17. The minimum atomic E-state index is 0.124. The van der Waals surface area contributed by atoms with Gasteiger partial charge in [-0.05, 0) is 58.7 Å². The molecule has 124 valence electrons. The molecule has 6 nitrogen and oxygen atoms in total. The number of aromatic nitrogens is 1. The molecular weight excluding hydrogens is 280 g/mol. The molecule has 1 saturated heterocycles. The summed E-state index contributed by atoms with van der Waals surface area (Å²) in [6, 6.07) is 0. The van der Waals surface area contributed by atoms with Crippen LogP contribution in [0.2, 0.25) is 0 Å². The van der Waals surface area contributed by atoms with Crippen LogP contribution >= 0.6 is 0 Å². The third-order valence-corrected chi connectivity index (χ3v) is 4.33. The van der Waals surface area contributed by atoms with E-state index in [-0.39, 0.29) is 5.91 Å². The molecule has 0 atom stereocenters. The molecule has 3 N–H and O–H groups in total. The molecule has 1 aliphatic rings. The Morgan fingerprint density at radius 3 is 2.73 bits per heavy atom. The Labute approximate surface area is 132 Å². The first-order chi connectivity index (χ1) is 10.6. The van der Waals surface area contributed by atoms with E-state index in [1.165, 1.54) is 0 Å². The zero-order valence-electron chi connectivity index (χ0n) is 13.7. The predicted octanol–water partition coefficient (Wildman–Crippen LogP) is 1.36. The second-order valence-corrected chi connectivity index (χ2v) is 6.17. The number of likely N-dealkylation sites (tertiary alicyclic amines) is 1. The van der Waals surface area contributed by atoms with Crippen LogP contribution in [0.3, 0.4) is 0 Å². The van der Waals surface area contributed by atoms with E-state index in [1.54, 1.807) is 0 Å². The van der Waals surface area contributed by atoms with Crippen molar-refractivity contribution in [3.05, 3.63) is 17.3 Å². The average molecular weight is 308 g/mol. The molecule has 0 saturated carbocycles. The second kappa shape index (κ2) is 8.29. The first-order valence-corrected chi connectivity index (χ1v) is 8.20. The van der Waals surface area contributed by atoms with Crippen molar-refractivity contribution in [2.24, 2.45) is 11.7 Å². The molecule has 0 unspecified atom stereocenters. The highest BCUT2D eigenvalue weighted by molar-refractivity contribution is 5.75. The number of amides is 1. The lowest BCUT2D eigenvalue weighted by Crippen LogP contribution is -2.38. The van der Waals surface area contributed by atoms with Gasteiger partial charge in [-0.25, -0.2) is 4.98 Å². The minimum Gasteiger partial charge on any atom is -0.444 e. The fourth-order valence-corrected chi connectivity index (χ4v) is 2.76. The van der Waals surface area contributed by atoms with E-state index < -0.39 is 0 Å². The number of nitrogens with one attached hydrogen (secondary N) is 1. The maximum absolute atomic E-state index is 11.6. The Morgan fingerprint density at radius 1 is 1.41 bits per heavy atom. The lowest BCUT2D eigenvalue weighted by atomic mass is 9.96. The van der Waals surface area contributed by atoms with E-state index in [1.807, 2.05) is 13.8 Å². The number of hydrogen-bond acceptors (Lipinski definition) is 5. The van der Waals surface area contributed by atoms with Crippen molar-refractivity contribution in [2.45, 2.75) is 46.1 Å². The van der Waals surface area contributed by atoms with Gasteiger partial charge in [-0.15, -0.1) is 0 Å². The Balaban J connectivity index is 1.66. The smallest absolute Gasteiger partial charge is 0.220 e. The molecule has 1 fully saturated rings. The molecule has 22 heavy (non-hydrogen) atoms. The number of nitrogens with zero attached hydrogens (tertiary/aromatic N) is 2. The van der Waals surface area contributed by atoms with Gasteiger partial charge in [0, 0.05) is 13.0 Å². The highest BCUT2D eigenvalue weighted by Gasteiger charge is 2.21. The third kappa shape index (κ3) is 5.10. The Morgan fingerprint density at radius 2 is 2.14 bits per heavy atom. The van der Waals surface area contributed by atoms with Gasteiger partial charge >= 0.3 is 0 Å². The maximum Gasteiger partial charge on any atom is 0.220 e. The molecule has 6 heteroatoms. The van der Waals surface area contributed by atoms with E-state index in [0.29, 0.717) is 18.9 Å². The van der Waals surface area contributed by atoms with Crippen LogP contribution in [0.5, 0.6) is 0 Å². The van der Waals surface area contributed by atoms with Crippen molar-refractivity contribution in [3.63, 3.8) is 0 Å². The molecule has 1 aromatic heterocycles. The van der Waals surface area contributed by atoms with E-state index in [4.69, 9.17) is 10.2 Å². The molecule has 0 bridgehead atoms. The van der Waals surface area contributed by atoms with Gasteiger partial charge in [0.2, 0.25) is 11.8 Å². The number of piperidine rings is 1. The Kier molecular flexibility index (Phi) is 6.39. The van der Waals surface area contributed by atoms with Gasteiger partial charge in [0.25, 0.3) is 0 Å². The first kappa shape index (κ1) is 17.0. The quantitative estimate of drug-likeness (QED) is 0.794. The molecule has 0 spiro atoms. The summed E-state index contributed by atoms with van der Waals surface area (Å²) in [7, 11) is 0. The lowest BCUT2D eigenvalue weighted by Gasteiger charge is -2.31. The van der Waals surface area contributed by atoms with Gasteiger partial charge in [0.05, 0.1) is 12.2 Å². The molecule has 2 heterocycles. The van der Waals surface area contributed by atoms with E-state index in [2.05, 4.69) is 15.2 Å². The van der Waals surface area contributed by atoms with Crippen LogP contribution in [0, 0.1) is 19.8 Å². The van der Waals surface area contributed by atoms with Gasteiger partial charge in [-0.2, -0.15) is 0 Å². The van der Waals surface area contributed by atoms with Crippen LogP contribution in [0.4, 0.5) is 0 Å². The maximum atomic E-state index is 11.6. The van der Waals surface area contributed by atoms with E-state index in [9.17, 15) is 4.79 Å². The van der Waals surface area contributed by atoms with Crippen LogP contribution in [0.1, 0.15) is 43.0 Å². The number of oxazole rings is 1. The normalized spacial score (nSPS) is 16.9. The summed E-state index contributed by atoms with van der Waals surface area (Å²) in [6.45, 7) is 8.13. The molecular formula is C16H28N4O2. The zero-order valence-corrected chi connectivity index (χ0v) is 13.7. The number of carbonyl (C=O) groups excluding carboxylic acids is 1. The van der Waals surface area contributed by atoms with Crippen molar-refractivity contribution in [1.29, 1.82) is 0 Å². The van der Waals surface area contributed by atoms with E-state index in [0.717, 1.165) is 62.8 Å². The number of rotatable bonds is 7. The predicted molar refractivity (Wildman–Crippen MR) is 85.3 cm³/mol. The SMILES string of the molecule is Cc1nc(CN2CCC(CNC(=O)CCCN)CC2)oc1C. The standard InChI is InChI=1S/C16H28N4O2/c1-12-13(2)22-16(19-12)11-20-8-5-14(6-9-20)10-18-15(21)4-3-7-17/h14H,3-11,17H2,1-2H3,(H,18,21). The summed E-state index contributed by atoms with van der Waals surface area (Å²) in [5.74, 6) is 2.42. The number of aryl methyl sites for hydroxylation is 2. The first-order valence-electron chi connectivity index (χ1n) is 8.20. The van der Waals surface area contributed by atoms with Gasteiger partial charge in [-0.1, -0.05) is 0 Å². The zero-order chi connectivity index (χ0) is 15.9. The largest absolute Gasteiger partial charge is 0.444 e. The van der Waals surface area contributed by atoms with Gasteiger partial charge in [0.1, 0.15) is 5.76 Å². The topological polar surface area (TPSA) is 84.4 Å². The summed E-state index contributed by atoms with van der Waals surface area (Å²) in [5, 5.41) is 3.02. The lowest BCUT2D eigenvalue weighted by molar-refractivity contribution is -0.121. The monoisotopic (exact) mass is 308 g/mol. The van der Waals surface area contributed by atoms with Crippen molar-refractivity contribution in [1.82, 2.24) is 15.2 Å². The average Bonchev–Trinajstić information content (AvgIpc) is 2.82. The van der Waals surface area contributed by atoms with Gasteiger partial charge in [-0.3, -0.25) is 9.69 Å². The van der Waals surface area contributed by atoms with Crippen molar-refractivity contribution in [2.75, 3.05) is 26.2 Å². The van der Waals surface area contributed by atoms with Crippen LogP contribution in [-0.2, 0) is 11.3 Å². The summed E-state index contributed by atoms with van der Waals surface area (Å²) in [5.41, 5.74) is 6.38. The summed E-state index contributed by atoms with van der Waals surface area (Å²) >= 11 is 0. The molecule has 0 aromatic carbocycles. The Bertz CT molecular complexity index is 459. The van der Waals surface area contributed by atoms with E-state index >= 15 is 0 Å². The molecule has 0 radical (unpaired) electrons. The molecule has 0 aliphatic carbocycles. The fourth-order valence-electron chi connectivity index (χ4n) is 2.76. The number of nitrogens with two attached hydrogens (primary N) is 1. The molecule has 1 aliphatic heterocycles. The van der Waals surface area contributed by atoms with Crippen molar-refractivity contribution < 1.29 is 9.21 Å². The molecule has 2 rings (SSSR count). The molecule has 1 aromatic rings. The Hall–Kier alpha value is -1.40. The fraction of sp³-hybridized carbons (Fsp3) is 0.750. The summed E-state index contributed by atoms with van der Waals surface area (Å²) in [6.07, 6.45) is 3.52. The minimum absolute atomic E-state index is 0.124. The number of carbonyl (C=O) groups is 1. The highest BCUT2D eigenvalue weighted by atomic mass is 16.4. The summed E-state index contributed by atoms with van der Waals surface area (Å²) in [4.78, 5) is 18.4. The van der Waals surface area contributed by atoms with Gasteiger partial charge < -0.3 is 15.5 Å². The highest BCUT2D eigenvalue weighted by Crippen LogP contribution is 2.19.